The summed E-state index contributed by atoms with van der Waals surface area (Å²) in [6.07, 6.45) is 7.02. The van der Waals surface area contributed by atoms with Gasteiger partial charge in [-0.15, -0.1) is 0 Å². The zero-order valence-electron chi connectivity index (χ0n) is 19.2. The highest BCUT2D eigenvalue weighted by Gasteiger charge is 2.35. The quantitative estimate of drug-likeness (QED) is 0.468. The maximum Gasteiger partial charge on any atom is 0.191 e. The van der Waals surface area contributed by atoms with Crippen molar-refractivity contribution in [2.24, 2.45) is 4.99 Å². The molecular weight excluding hydrogens is 386 g/mol. The normalized spacial score (nSPS) is 21.5. The summed E-state index contributed by atoms with van der Waals surface area (Å²) in [6, 6.07) is 11.2. The van der Waals surface area contributed by atoms with Gasteiger partial charge in [-0.05, 0) is 52.0 Å². The third-order valence-corrected chi connectivity index (χ3v) is 6.56. The number of hydrogen-bond acceptors (Lipinski definition) is 4. The Balaban J connectivity index is 1.47. The van der Waals surface area contributed by atoms with E-state index in [-0.39, 0.29) is 11.6 Å². The summed E-state index contributed by atoms with van der Waals surface area (Å²) in [5, 5.41) is 15.6. The maximum atomic E-state index is 5.06. The van der Waals surface area contributed by atoms with Gasteiger partial charge in [0.15, 0.2) is 5.96 Å². The first-order valence-corrected chi connectivity index (χ1v) is 11.9. The van der Waals surface area contributed by atoms with E-state index in [4.69, 9.17) is 4.99 Å². The number of guanidine groups is 1. The molecule has 0 amide bonds. The van der Waals surface area contributed by atoms with E-state index in [0.717, 1.165) is 50.1 Å². The number of fused-ring (bicyclic) bond motifs is 1. The van der Waals surface area contributed by atoms with Crippen molar-refractivity contribution in [1.29, 1.82) is 0 Å². The molecular formula is C24H37N7. The molecule has 1 fully saturated rings. The Bertz CT molecular complexity index is 867. The van der Waals surface area contributed by atoms with E-state index in [1.807, 2.05) is 11.6 Å². The zero-order chi connectivity index (χ0) is 21.7. The molecule has 0 saturated heterocycles. The minimum absolute atomic E-state index is 0.0563. The van der Waals surface area contributed by atoms with Crippen LogP contribution in [-0.2, 0) is 6.54 Å². The highest BCUT2D eigenvalue weighted by molar-refractivity contribution is 5.80. The second kappa shape index (κ2) is 9.81. The third-order valence-electron chi connectivity index (χ3n) is 6.56. The van der Waals surface area contributed by atoms with Gasteiger partial charge in [-0.2, -0.15) is 5.10 Å². The van der Waals surface area contributed by atoms with Crippen LogP contribution in [0, 0.1) is 6.92 Å². The van der Waals surface area contributed by atoms with Crippen LogP contribution in [0.15, 0.2) is 35.3 Å². The van der Waals surface area contributed by atoms with Crippen LogP contribution in [0.2, 0.25) is 0 Å². The van der Waals surface area contributed by atoms with Crippen molar-refractivity contribution in [1.82, 2.24) is 30.7 Å². The third kappa shape index (κ3) is 5.26. The molecule has 1 aromatic heterocycles. The highest BCUT2D eigenvalue weighted by atomic mass is 15.4. The molecule has 1 aliphatic carbocycles. The van der Waals surface area contributed by atoms with Crippen LogP contribution in [0.3, 0.4) is 0 Å². The average molecular weight is 424 g/mol. The molecule has 2 atom stereocenters. The maximum absolute atomic E-state index is 5.06. The van der Waals surface area contributed by atoms with Gasteiger partial charge in [0.05, 0.1) is 12.6 Å². The van der Waals surface area contributed by atoms with Crippen molar-refractivity contribution in [2.45, 2.75) is 83.5 Å². The smallest absolute Gasteiger partial charge is 0.191 e. The summed E-state index contributed by atoms with van der Waals surface area (Å²) in [6.45, 7) is 8.91. The van der Waals surface area contributed by atoms with Gasteiger partial charge < -0.3 is 16.0 Å². The van der Waals surface area contributed by atoms with E-state index >= 15 is 0 Å². The molecule has 0 spiro atoms. The van der Waals surface area contributed by atoms with E-state index < -0.39 is 0 Å². The number of hydrogen-bond donors (Lipinski definition) is 3. The van der Waals surface area contributed by atoms with E-state index in [1.54, 1.807) is 0 Å². The minimum Gasteiger partial charge on any atom is -0.357 e. The van der Waals surface area contributed by atoms with E-state index in [2.05, 4.69) is 70.2 Å². The number of aromatic nitrogens is 3. The van der Waals surface area contributed by atoms with E-state index in [9.17, 15) is 0 Å². The van der Waals surface area contributed by atoms with Gasteiger partial charge in [0.1, 0.15) is 11.6 Å². The Morgan fingerprint density at radius 1 is 1.23 bits per heavy atom. The highest BCUT2D eigenvalue weighted by Crippen LogP contribution is 2.33. The van der Waals surface area contributed by atoms with Gasteiger partial charge in [-0.1, -0.05) is 43.2 Å². The van der Waals surface area contributed by atoms with Crippen molar-refractivity contribution >= 4 is 5.96 Å². The molecule has 31 heavy (non-hydrogen) atoms. The van der Waals surface area contributed by atoms with Gasteiger partial charge in [0, 0.05) is 24.7 Å². The van der Waals surface area contributed by atoms with Crippen LogP contribution in [0.1, 0.15) is 81.7 Å². The van der Waals surface area contributed by atoms with Gasteiger partial charge in [0.25, 0.3) is 0 Å². The molecule has 3 N–H and O–H groups in total. The molecule has 4 rings (SSSR count). The first-order chi connectivity index (χ1) is 15.1. The lowest BCUT2D eigenvalue weighted by Gasteiger charge is -2.33. The molecule has 7 heteroatoms. The van der Waals surface area contributed by atoms with Gasteiger partial charge in [0.2, 0.25) is 0 Å². The van der Waals surface area contributed by atoms with Crippen molar-refractivity contribution in [2.75, 3.05) is 13.1 Å². The number of nitrogens with one attached hydrogen (secondary N) is 3. The number of nitrogens with zero attached hydrogens (tertiary/aromatic N) is 4. The molecule has 2 unspecified atom stereocenters. The van der Waals surface area contributed by atoms with Crippen molar-refractivity contribution in [3.8, 4) is 0 Å². The molecule has 1 saturated carbocycles. The number of aryl methyl sites for hydroxylation is 2. The lowest BCUT2D eigenvalue weighted by molar-refractivity contribution is 0.307. The molecule has 0 radical (unpaired) electrons. The summed E-state index contributed by atoms with van der Waals surface area (Å²) < 4.78 is 2.04. The lowest BCUT2D eigenvalue weighted by Crippen LogP contribution is -2.48. The monoisotopic (exact) mass is 423 g/mol. The Morgan fingerprint density at radius 2 is 2.00 bits per heavy atom. The first kappa shape index (κ1) is 21.8. The molecule has 2 aromatic rings. The van der Waals surface area contributed by atoms with Crippen LogP contribution in [-0.4, -0.2) is 39.4 Å². The summed E-state index contributed by atoms with van der Waals surface area (Å²) in [4.78, 5) is 9.73. The summed E-state index contributed by atoms with van der Waals surface area (Å²) in [5.41, 5.74) is 1.39. The summed E-state index contributed by atoms with van der Waals surface area (Å²) >= 11 is 0. The topological polar surface area (TPSA) is 79.2 Å². The number of benzene rings is 1. The van der Waals surface area contributed by atoms with Crippen LogP contribution in [0.25, 0.3) is 0 Å². The van der Waals surface area contributed by atoms with E-state index in [1.165, 1.54) is 31.2 Å². The largest absolute Gasteiger partial charge is 0.357 e. The van der Waals surface area contributed by atoms with Crippen molar-refractivity contribution in [3.63, 3.8) is 0 Å². The fourth-order valence-electron chi connectivity index (χ4n) is 5.00. The number of aliphatic imine (C=N–C) groups is 1. The molecule has 168 valence electrons. The van der Waals surface area contributed by atoms with Crippen LogP contribution in [0.4, 0.5) is 0 Å². The van der Waals surface area contributed by atoms with Gasteiger partial charge in [-0.3, -0.25) is 4.99 Å². The molecule has 0 bridgehead atoms. The summed E-state index contributed by atoms with van der Waals surface area (Å²) in [5.74, 6) is 2.75. The van der Waals surface area contributed by atoms with Crippen molar-refractivity contribution < 1.29 is 0 Å². The Hall–Kier alpha value is -2.41. The fourth-order valence-corrected chi connectivity index (χ4v) is 5.00. The Morgan fingerprint density at radius 3 is 2.74 bits per heavy atom. The molecule has 2 heterocycles. The lowest BCUT2D eigenvalue weighted by atomic mass is 9.95. The standard InChI is InChI=1S/C24H37N7/c1-4-25-23(28-21-13-10-16-31-22(21)27-19(3)30-31)26-17-24(14-8-9-15-24)29-18(2)20-11-6-5-7-12-20/h5-7,11-12,18,21,29H,4,8-10,13-17H2,1-3H3,(H2,25,26,28). The van der Waals surface area contributed by atoms with E-state index in [0.29, 0.717) is 6.04 Å². The SMILES string of the molecule is CCNC(=NCC1(NC(C)c2ccccc2)CCCC1)NC1CCCn2nc(C)nc21. The zero-order valence-corrected chi connectivity index (χ0v) is 19.2. The Kier molecular flexibility index (Phi) is 6.90. The second-order valence-electron chi connectivity index (χ2n) is 9.04. The molecule has 1 aromatic carbocycles. The summed E-state index contributed by atoms with van der Waals surface area (Å²) in [7, 11) is 0. The average Bonchev–Trinajstić information content (AvgIpc) is 3.39. The Labute approximate surface area is 186 Å². The van der Waals surface area contributed by atoms with Crippen LogP contribution in [0.5, 0.6) is 0 Å². The minimum atomic E-state index is 0.0563. The second-order valence-corrected chi connectivity index (χ2v) is 9.04. The van der Waals surface area contributed by atoms with Gasteiger partial charge in [-0.25, -0.2) is 9.67 Å². The fraction of sp³-hybridized carbons (Fsp3) is 0.625. The van der Waals surface area contributed by atoms with Crippen LogP contribution < -0.4 is 16.0 Å². The van der Waals surface area contributed by atoms with Crippen LogP contribution >= 0.6 is 0 Å². The predicted octanol–water partition coefficient (Wildman–Crippen LogP) is 3.64. The van der Waals surface area contributed by atoms with Gasteiger partial charge >= 0.3 is 0 Å². The van der Waals surface area contributed by atoms with Crippen molar-refractivity contribution in [3.05, 3.63) is 47.5 Å². The number of rotatable bonds is 7. The molecule has 1 aliphatic heterocycles. The molecule has 7 nitrogen and oxygen atoms in total. The predicted molar refractivity (Wildman–Crippen MR) is 125 cm³/mol. The molecule has 2 aliphatic rings. The first-order valence-electron chi connectivity index (χ1n) is 11.9.